The first-order chi connectivity index (χ1) is 15.6. The maximum Gasteiger partial charge on any atom is 0.226 e. The third-order valence-corrected chi connectivity index (χ3v) is 7.35. The largest absolute Gasteiger partial charge is 0.337 e. The van der Waals surface area contributed by atoms with Crippen LogP contribution in [0, 0.1) is 29.6 Å². The number of amides is 2. The monoisotopic (exact) mass is 472 g/mol. The van der Waals surface area contributed by atoms with E-state index >= 15 is 0 Å². The van der Waals surface area contributed by atoms with Gasteiger partial charge in [-0.05, 0) is 70.2 Å². The van der Waals surface area contributed by atoms with Crippen molar-refractivity contribution in [2.24, 2.45) is 11.3 Å². The lowest BCUT2D eigenvalue weighted by atomic mass is 9.89. The van der Waals surface area contributed by atoms with Crippen LogP contribution in [0.1, 0.15) is 70.4 Å². The highest BCUT2D eigenvalue weighted by molar-refractivity contribution is 6.31. The Bertz CT molecular complexity index is 918. The van der Waals surface area contributed by atoms with Crippen LogP contribution in [0.2, 0.25) is 5.02 Å². The predicted octanol–water partition coefficient (Wildman–Crippen LogP) is 5.14. The maximum atomic E-state index is 12.9. The molecule has 1 saturated heterocycles. The van der Waals surface area contributed by atoms with Crippen LogP contribution in [0.4, 0.5) is 5.69 Å². The average molecular weight is 473 g/mol. The number of nitrogens with zero attached hydrogens (tertiary/aromatic N) is 3. The molecule has 7 heteroatoms. The number of hydrogen-bond donors (Lipinski definition) is 1. The van der Waals surface area contributed by atoms with Crippen molar-refractivity contribution in [3.63, 3.8) is 0 Å². The van der Waals surface area contributed by atoms with Crippen molar-refractivity contribution in [1.29, 1.82) is 5.26 Å². The number of hydrogen-bond acceptors (Lipinski definition) is 4. The van der Waals surface area contributed by atoms with Gasteiger partial charge in [-0.15, -0.1) is 0 Å². The number of nitriles is 1. The van der Waals surface area contributed by atoms with Gasteiger partial charge in [-0.2, -0.15) is 5.26 Å². The number of benzene rings is 1. The number of rotatable bonds is 7. The molecule has 33 heavy (non-hydrogen) atoms. The van der Waals surface area contributed by atoms with Crippen LogP contribution in [0.25, 0.3) is 0 Å². The molecule has 180 valence electrons. The highest BCUT2D eigenvalue weighted by Gasteiger charge is 2.33. The molecule has 2 amide bonds. The van der Waals surface area contributed by atoms with E-state index in [4.69, 9.17) is 16.9 Å². The zero-order valence-corrected chi connectivity index (χ0v) is 21.2. The summed E-state index contributed by atoms with van der Waals surface area (Å²) in [6.45, 7) is 11.0. The first kappa shape index (κ1) is 25.5. The number of nitrogens with one attached hydrogen (secondary N) is 1. The van der Waals surface area contributed by atoms with E-state index < -0.39 is 5.41 Å². The minimum atomic E-state index is -0.524. The van der Waals surface area contributed by atoms with Gasteiger partial charge >= 0.3 is 0 Å². The quantitative estimate of drug-likeness (QED) is 0.596. The minimum Gasteiger partial charge on any atom is -0.337 e. The molecule has 1 heterocycles. The molecule has 1 aromatic rings. The Kier molecular flexibility index (Phi) is 8.42. The first-order valence-electron chi connectivity index (χ1n) is 12.1. The highest BCUT2D eigenvalue weighted by atomic mass is 35.5. The van der Waals surface area contributed by atoms with Gasteiger partial charge < -0.3 is 10.2 Å². The zero-order valence-electron chi connectivity index (χ0n) is 20.4. The predicted molar refractivity (Wildman–Crippen MR) is 132 cm³/mol. The second-order valence-electron chi connectivity index (χ2n) is 10.4. The highest BCUT2D eigenvalue weighted by Crippen LogP contribution is 2.30. The molecule has 1 atom stereocenters. The molecule has 0 bridgehead atoms. The fourth-order valence-corrected chi connectivity index (χ4v) is 5.12. The number of carbonyl (C=O) groups is 2. The summed E-state index contributed by atoms with van der Waals surface area (Å²) in [4.78, 5) is 29.8. The second kappa shape index (κ2) is 10.9. The van der Waals surface area contributed by atoms with Gasteiger partial charge in [0.25, 0.3) is 0 Å². The van der Waals surface area contributed by atoms with Crippen molar-refractivity contribution in [1.82, 2.24) is 9.80 Å². The van der Waals surface area contributed by atoms with E-state index in [-0.39, 0.29) is 24.3 Å². The molecule has 0 spiro atoms. The molecule has 6 nitrogen and oxygen atoms in total. The molecule has 1 aliphatic heterocycles. The molecule has 1 unspecified atom stereocenters. The Labute approximate surface area is 203 Å². The van der Waals surface area contributed by atoms with Gasteiger partial charge in [-0.25, -0.2) is 0 Å². The fourth-order valence-electron chi connectivity index (χ4n) is 4.88. The summed E-state index contributed by atoms with van der Waals surface area (Å²) in [6, 6.07) is 6.17. The first-order valence-corrected chi connectivity index (χ1v) is 12.5. The van der Waals surface area contributed by atoms with Gasteiger partial charge in [0, 0.05) is 55.3 Å². The standard InChI is InChI=1S/C26H37ClN4O2/c1-18-15-30(11-12-31(18)25(33)20-7-5-6-8-20)16-21-13-22(27)14-23(19(21)2)29-24(32)9-10-26(3,4)17-28/h13-14,18,20H,5-12,15-16H2,1-4H3,(H,29,32). The number of halogens is 1. The molecule has 1 N–H and O–H groups in total. The third-order valence-electron chi connectivity index (χ3n) is 7.13. The summed E-state index contributed by atoms with van der Waals surface area (Å²) in [5.41, 5.74) is 2.28. The van der Waals surface area contributed by atoms with Crippen LogP contribution in [-0.2, 0) is 16.1 Å². The summed E-state index contributed by atoms with van der Waals surface area (Å²) < 4.78 is 0. The molecule has 3 rings (SSSR count). The van der Waals surface area contributed by atoms with Crippen molar-refractivity contribution in [3.05, 3.63) is 28.3 Å². The maximum absolute atomic E-state index is 12.9. The summed E-state index contributed by atoms with van der Waals surface area (Å²) in [7, 11) is 0. The molecule has 0 aromatic heterocycles. The Morgan fingerprint density at radius 1 is 1.24 bits per heavy atom. The fraction of sp³-hybridized carbons (Fsp3) is 0.654. The van der Waals surface area contributed by atoms with E-state index in [0.29, 0.717) is 17.4 Å². The topological polar surface area (TPSA) is 76.4 Å². The Morgan fingerprint density at radius 3 is 2.58 bits per heavy atom. The molecule has 2 aliphatic rings. The summed E-state index contributed by atoms with van der Waals surface area (Å²) in [5, 5.41) is 12.7. The molecule has 1 saturated carbocycles. The van der Waals surface area contributed by atoms with Gasteiger partial charge in [-0.1, -0.05) is 24.4 Å². The summed E-state index contributed by atoms with van der Waals surface area (Å²) in [6.07, 6.45) is 5.22. The Hall–Kier alpha value is -2.10. The summed E-state index contributed by atoms with van der Waals surface area (Å²) >= 11 is 6.40. The van der Waals surface area contributed by atoms with Gasteiger partial charge in [-0.3, -0.25) is 14.5 Å². The molecular weight excluding hydrogens is 436 g/mol. The number of carbonyl (C=O) groups excluding carboxylic acids is 2. The van der Waals surface area contributed by atoms with Crippen LogP contribution in [-0.4, -0.2) is 47.3 Å². The molecule has 1 aromatic carbocycles. The van der Waals surface area contributed by atoms with Gasteiger partial charge in [0.1, 0.15) is 0 Å². The molecule has 0 radical (unpaired) electrons. The van der Waals surface area contributed by atoms with E-state index in [1.165, 1.54) is 12.8 Å². The smallest absolute Gasteiger partial charge is 0.226 e. The normalized spacial score (nSPS) is 20.0. The van der Waals surface area contributed by atoms with Gasteiger partial charge in [0.05, 0.1) is 11.5 Å². The van der Waals surface area contributed by atoms with E-state index in [9.17, 15) is 9.59 Å². The molecular formula is C26H37ClN4O2. The van der Waals surface area contributed by atoms with Crippen LogP contribution in [0.3, 0.4) is 0 Å². The van der Waals surface area contributed by atoms with Gasteiger partial charge in [0.2, 0.25) is 11.8 Å². The third kappa shape index (κ3) is 6.71. The van der Waals surface area contributed by atoms with E-state index in [0.717, 1.165) is 55.8 Å². The van der Waals surface area contributed by atoms with Crippen LogP contribution in [0.15, 0.2) is 12.1 Å². The van der Waals surface area contributed by atoms with Crippen molar-refractivity contribution < 1.29 is 9.59 Å². The van der Waals surface area contributed by atoms with Crippen molar-refractivity contribution in [2.75, 3.05) is 25.0 Å². The van der Waals surface area contributed by atoms with Gasteiger partial charge in [0.15, 0.2) is 0 Å². The lowest BCUT2D eigenvalue weighted by Gasteiger charge is -2.41. The zero-order chi connectivity index (χ0) is 24.2. The van der Waals surface area contributed by atoms with E-state index in [1.807, 2.05) is 26.8 Å². The lowest BCUT2D eigenvalue weighted by Crippen LogP contribution is -2.54. The van der Waals surface area contributed by atoms with Crippen molar-refractivity contribution >= 4 is 29.1 Å². The van der Waals surface area contributed by atoms with Crippen LogP contribution < -0.4 is 5.32 Å². The van der Waals surface area contributed by atoms with Crippen LogP contribution >= 0.6 is 11.6 Å². The van der Waals surface area contributed by atoms with Crippen molar-refractivity contribution in [2.45, 2.75) is 78.8 Å². The number of piperazine rings is 1. The summed E-state index contributed by atoms with van der Waals surface area (Å²) in [5.74, 6) is 0.449. The Balaban J connectivity index is 1.61. The minimum absolute atomic E-state index is 0.109. The van der Waals surface area contributed by atoms with E-state index in [2.05, 4.69) is 28.1 Å². The second-order valence-corrected chi connectivity index (χ2v) is 10.8. The lowest BCUT2D eigenvalue weighted by molar-refractivity contribution is -0.140. The SMILES string of the molecule is Cc1c(CN2CCN(C(=O)C3CCCC3)C(C)C2)cc(Cl)cc1NC(=O)CCC(C)(C)C#N. The average Bonchev–Trinajstić information content (AvgIpc) is 3.30. The molecule has 2 fully saturated rings. The van der Waals surface area contributed by atoms with Crippen LogP contribution in [0.5, 0.6) is 0 Å². The number of anilines is 1. The van der Waals surface area contributed by atoms with Crippen molar-refractivity contribution in [3.8, 4) is 6.07 Å². The van der Waals surface area contributed by atoms with E-state index in [1.54, 1.807) is 6.07 Å². The Morgan fingerprint density at radius 2 is 1.94 bits per heavy atom. The molecule has 1 aliphatic carbocycles.